The molecule has 166 valence electrons. The van der Waals surface area contributed by atoms with Crippen molar-refractivity contribution in [3.05, 3.63) is 69.7 Å². The fourth-order valence-electron chi connectivity index (χ4n) is 5.33. The van der Waals surface area contributed by atoms with E-state index in [0.29, 0.717) is 21.2 Å². The first kappa shape index (κ1) is 22.4. The lowest BCUT2D eigenvalue weighted by atomic mass is 9.81. The summed E-state index contributed by atoms with van der Waals surface area (Å²) >= 11 is 19.7. The topological polar surface area (TPSA) is 57.7 Å². The molecule has 2 aliphatic carbocycles. The minimum absolute atomic E-state index is 0.00285. The van der Waals surface area contributed by atoms with E-state index in [9.17, 15) is 14.4 Å². The van der Waals surface area contributed by atoms with Crippen LogP contribution in [0.1, 0.15) is 22.3 Å². The average Bonchev–Trinajstić information content (AvgIpc) is 3.39. The summed E-state index contributed by atoms with van der Waals surface area (Å²) in [6.45, 7) is 0.00285. The van der Waals surface area contributed by atoms with Gasteiger partial charge in [-0.2, -0.15) is 5.01 Å². The van der Waals surface area contributed by atoms with Gasteiger partial charge in [-0.05, 0) is 54.2 Å². The van der Waals surface area contributed by atoms with Gasteiger partial charge >= 0.3 is 0 Å². The first-order valence-corrected chi connectivity index (χ1v) is 12.8. The minimum atomic E-state index is -0.457. The lowest BCUT2D eigenvalue weighted by Crippen LogP contribution is -2.50. The highest BCUT2D eigenvalue weighted by molar-refractivity contribution is 9.12. The van der Waals surface area contributed by atoms with Crippen molar-refractivity contribution < 1.29 is 14.4 Å². The van der Waals surface area contributed by atoms with Crippen LogP contribution in [0, 0.1) is 23.7 Å². The van der Waals surface area contributed by atoms with Gasteiger partial charge in [-0.3, -0.25) is 14.4 Å². The number of nitrogens with zero attached hydrogens (tertiary/aromatic N) is 2. The Hall–Kier alpha value is -1.41. The molecule has 32 heavy (non-hydrogen) atoms. The van der Waals surface area contributed by atoms with Crippen molar-refractivity contribution in [1.82, 2.24) is 10.0 Å². The Morgan fingerprint density at radius 3 is 2.06 bits per heavy atom. The number of hydrazine groups is 1. The number of fused-ring (bicyclic) bond motifs is 5. The third kappa shape index (κ3) is 3.44. The lowest BCUT2D eigenvalue weighted by Gasteiger charge is -2.31. The van der Waals surface area contributed by atoms with Crippen LogP contribution in [0.25, 0.3) is 0 Å². The van der Waals surface area contributed by atoms with Gasteiger partial charge in [0.25, 0.3) is 17.7 Å². The van der Waals surface area contributed by atoms with Gasteiger partial charge in [0.05, 0.1) is 18.4 Å². The summed E-state index contributed by atoms with van der Waals surface area (Å²) in [5, 5.41) is 3.26. The number of hydrogen-bond acceptors (Lipinski definition) is 3. The summed E-state index contributed by atoms with van der Waals surface area (Å²) in [5.74, 6) is -1.81. The highest BCUT2D eigenvalue weighted by atomic mass is 79.9. The van der Waals surface area contributed by atoms with Crippen molar-refractivity contribution in [2.75, 3.05) is 0 Å². The maximum absolute atomic E-state index is 13.6. The number of carbonyl (C=O) groups is 3. The third-order valence-corrected chi connectivity index (χ3v) is 10.6. The van der Waals surface area contributed by atoms with E-state index in [4.69, 9.17) is 23.2 Å². The molecule has 1 saturated heterocycles. The molecular weight excluding hydrogens is 583 g/mol. The number of halogens is 4. The number of alkyl halides is 2. The Bertz CT molecular complexity index is 1080. The van der Waals surface area contributed by atoms with E-state index in [2.05, 4.69) is 31.9 Å². The Labute approximate surface area is 212 Å². The molecule has 1 aliphatic heterocycles. The molecule has 6 atom stereocenters. The maximum atomic E-state index is 13.6. The molecule has 0 unspecified atom stereocenters. The van der Waals surface area contributed by atoms with E-state index in [1.165, 1.54) is 5.01 Å². The van der Waals surface area contributed by atoms with Gasteiger partial charge in [0.15, 0.2) is 0 Å². The van der Waals surface area contributed by atoms with E-state index < -0.39 is 17.7 Å². The second-order valence-corrected chi connectivity index (χ2v) is 11.4. The van der Waals surface area contributed by atoms with Crippen molar-refractivity contribution in [2.24, 2.45) is 23.7 Å². The molecule has 9 heteroatoms. The number of rotatable bonds is 4. The Morgan fingerprint density at radius 1 is 0.938 bits per heavy atom. The first-order valence-electron chi connectivity index (χ1n) is 10.3. The Kier molecular flexibility index (Phi) is 5.89. The molecular formula is C23H18Br2Cl2N2O3. The van der Waals surface area contributed by atoms with Gasteiger partial charge < -0.3 is 0 Å². The molecule has 0 radical (unpaired) electrons. The zero-order valence-electron chi connectivity index (χ0n) is 16.6. The fourth-order valence-corrected chi connectivity index (χ4v) is 7.53. The lowest BCUT2D eigenvalue weighted by molar-refractivity contribution is -0.156. The summed E-state index contributed by atoms with van der Waals surface area (Å²) in [4.78, 5) is 40.9. The van der Waals surface area contributed by atoms with Crippen molar-refractivity contribution in [2.45, 2.75) is 22.6 Å². The predicted molar refractivity (Wildman–Crippen MR) is 129 cm³/mol. The molecule has 3 fully saturated rings. The van der Waals surface area contributed by atoms with Crippen LogP contribution in [0.15, 0.2) is 48.5 Å². The second kappa shape index (κ2) is 8.42. The quantitative estimate of drug-likeness (QED) is 0.352. The van der Waals surface area contributed by atoms with Crippen LogP contribution in [-0.2, 0) is 16.1 Å². The molecule has 0 aromatic heterocycles. The molecule has 1 heterocycles. The SMILES string of the molecule is O=C(c1ccc(Cl)cc1)N(Cc1ccccc1Cl)N1C(=O)[C@@H]2[C@H]3C[C@@H]([C@H](Br)[C@H]3Br)[C@H]2C1=O. The highest BCUT2D eigenvalue weighted by Gasteiger charge is 2.67. The zero-order chi connectivity index (χ0) is 22.7. The van der Waals surface area contributed by atoms with Crippen molar-refractivity contribution in [1.29, 1.82) is 0 Å². The van der Waals surface area contributed by atoms with Crippen LogP contribution in [-0.4, -0.2) is 37.4 Å². The van der Waals surface area contributed by atoms with Gasteiger partial charge in [0, 0.05) is 25.3 Å². The fraction of sp³-hybridized carbons (Fsp3) is 0.348. The van der Waals surface area contributed by atoms with Crippen molar-refractivity contribution in [3.8, 4) is 0 Å². The molecule has 3 amide bonds. The van der Waals surface area contributed by atoms with Crippen LogP contribution >= 0.6 is 55.1 Å². The Morgan fingerprint density at radius 2 is 1.50 bits per heavy atom. The van der Waals surface area contributed by atoms with Crippen molar-refractivity contribution in [3.63, 3.8) is 0 Å². The molecule has 0 N–H and O–H groups in total. The predicted octanol–water partition coefficient (Wildman–Crippen LogP) is 5.33. The van der Waals surface area contributed by atoms with Crippen LogP contribution in [0.2, 0.25) is 10.0 Å². The summed E-state index contributed by atoms with van der Waals surface area (Å²) in [7, 11) is 0. The summed E-state index contributed by atoms with van der Waals surface area (Å²) in [6, 6.07) is 13.5. The number of hydrogen-bond donors (Lipinski definition) is 0. The number of benzene rings is 2. The molecule has 0 spiro atoms. The molecule has 2 aromatic rings. The largest absolute Gasteiger partial charge is 0.273 e. The van der Waals surface area contributed by atoms with E-state index in [-0.39, 0.29) is 39.8 Å². The number of carbonyl (C=O) groups excluding carboxylic acids is 3. The molecule has 2 saturated carbocycles. The molecule has 2 aromatic carbocycles. The average molecular weight is 601 g/mol. The second-order valence-electron chi connectivity index (χ2n) is 8.45. The molecule has 2 bridgehead atoms. The van der Waals surface area contributed by atoms with Crippen molar-refractivity contribution >= 4 is 72.8 Å². The Balaban J connectivity index is 1.54. The summed E-state index contributed by atoms with van der Waals surface area (Å²) in [6.07, 6.45) is 0.822. The van der Waals surface area contributed by atoms with Crippen LogP contribution in [0.5, 0.6) is 0 Å². The zero-order valence-corrected chi connectivity index (χ0v) is 21.3. The van der Waals surface area contributed by atoms with Gasteiger partial charge in [0.1, 0.15) is 0 Å². The standard InChI is InChI=1S/C23H18Br2Cl2N2O3/c24-19-14-9-15(20(19)25)18-17(14)22(31)29(23(18)32)28(10-12-3-1-2-4-16(12)27)21(30)11-5-7-13(26)8-6-11/h1-8,14-15,17-20H,9-10H2/t14-,15-,17-,18-,19+,20+/m1/s1. The number of amides is 3. The first-order chi connectivity index (χ1) is 15.3. The van der Waals surface area contributed by atoms with Gasteiger partial charge in [-0.1, -0.05) is 73.3 Å². The molecule has 5 rings (SSSR count). The van der Waals surface area contributed by atoms with Gasteiger partial charge in [-0.25, -0.2) is 5.01 Å². The molecule has 5 nitrogen and oxygen atoms in total. The van der Waals surface area contributed by atoms with E-state index >= 15 is 0 Å². The minimum Gasteiger partial charge on any atom is -0.272 e. The number of imide groups is 1. The highest BCUT2D eigenvalue weighted by Crippen LogP contribution is 2.60. The summed E-state index contributed by atoms with van der Waals surface area (Å²) < 4.78 is 0. The smallest absolute Gasteiger partial charge is 0.272 e. The van der Waals surface area contributed by atoms with E-state index in [1.54, 1.807) is 48.5 Å². The van der Waals surface area contributed by atoms with Crippen LogP contribution in [0.4, 0.5) is 0 Å². The van der Waals surface area contributed by atoms with E-state index in [0.717, 1.165) is 11.4 Å². The normalized spacial score (nSPS) is 30.7. The monoisotopic (exact) mass is 598 g/mol. The van der Waals surface area contributed by atoms with Crippen LogP contribution in [0.3, 0.4) is 0 Å². The third-order valence-electron chi connectivity index (χ3n) is 6.81. The summed E-state index contributed by atoms with van der Waals surface area (Å²) in [5.41, 5.74) is 0.979. The van der Waals surface area contributed by atoms with E-state index in [1.807, 2.05) is 0 Å². The maximum Gasteiger partial charge on any atom is 0.273 e. The van der Waals surface area contributed by atoms with Crippen LogP contribution < -0.4 is 0 Å². The van der Waals surface area contributed by atoms with Gasteiger partial charge in [-0.15, -0.1) is 0 Å². The molecule has 3 aliphatic rings. The van der Waals surface area contributed by atoms with Gasteiger partial charge in [0.2, 0.25) is 0 Å².